The standard InChI is InChI=1S/C16H22N4O2/c1-11-5-4-6-20(9-11)10-12-7-14(16(21)22-3)18-15-13(12)8-17-19(15)2/h7-8,11H,4-6,9-10H2,1-3H3/t11-/m0/s1. The molecule has 6 heteroatoms. The number of carbonyl (C=O) groups excluding carboxylic acids is 1. The lowest BCUT2D eigenvalue weighted by Crippen LogP contribution is -2.33. The number of rotatable bonds is 3. The fourth-order valence-corrected chi connectivity index (χ4v) is 3.19. The molecule has 0 unspecified atom stereocenters. The van der Waals surface area contributed by atoms with E-state index < -0.39 is 5.97 Å². The number of hydrogen-bond acceptors (Lipinski definition) is 5. The highest BCUT2D eigenvalue weighted by molar-refractivity contribution is 5.91. The monoisotopic (exact) mass is 302 g/mol. The van der Waals surface area contributed by atoms with E-state index >= 15 is 0 Å². The van der Waals surface area contributed by atoms with Crippen molar-refractivity contribution >= 4 is 17.0 Å². The quantitative estimate of drug-likeness (QED) is 0.811. The number of piperidine rings is 1. The molecule has 1 aliphatic heterocycles. The van der Waals surface area contributed by atoms with Gasteiger partial charge in [0.15, 0.2) is 11.3 Å². The minimum Gasteiger partial charge on any atom is -0.464 e. The van der Waals surface area contributed by atoms with Crippen molar-refractivity contribution in [3.8, 4) is 0 Å². The van der Waals surface area contributed by atoms with Crippen molar-refractivity contribution in [1.29, 1.82) is 0 Å². The number of likely N-dealkylation sites (tertiary alicyclic amines) is 1. The average Bonchev–Trinajstić information content (AvgIpc) is 2.88. The molecule has 118 valence electrons. The Bertz CT molecular complexity index is 695. The molecule has 0 aromatic carbocycles. The molecule has 0 bridgehead atoms. The van der Waals surface area contributed by atoms with E-state index in [9.17, 15) is 4.79 Å². The second-order valence-electron chi connectivity index (χ2n) is 6.15. The second-order valence-corrected chi connectivity index (χ2v) is 6.15. The zero-order chi connectivity index (χ0) is 15.7. The lowest BCUT2D eigenvalue weighted by molar-refractivity contribution is 0.0594. The van der Waals surface area contributed by atoms with E-state index in [0.29, 0.717) is 5.69 Å². The minimum atomic E-state index is -0.406. The number of hydrogen-bond donors (Lipinski definition) is 0. The number of nitrogens with zero attached hydrogens (tertiary/aromatic N) is 4. The van der Waals surface area contributed by atoms with Gasteiger partial charge in [-0.2, -0.15) is 5.10 Å². The van der Waals surface area contributed by atoms with Crippen molar-refractivity contribution < 1.29 is 9.53 Å². The van der Waals surface area contributed by atoms with Crippen LogP contribution in [0.1, 0.15) is 35.8 Å². The van der Waals surface area contributed by atoms with E-state index in [2.05, 4.69) is 21.9 Å². The summed E-state index contributed by atoms with van der Waals surface area (Å²) in [5.41, 5.74) is 2.16. The van der Waals surface area contributed by atoms with Gasteiger partial charge in [0.1, 0.15) is 0 Å². The lowest BCUT2D eigenvalue weighted by Gasteiger charge is -2.31. The number of aromatic nitrogens is 3. The number of methoxy groups -OCH3 is 1. The Balaban J connectivity index is 1.97. The fraction of sp³-hybridized carbons (Fsp3) is 0.562. The van der Waals surface area contributed by atoms with Crippen LogP contribution in [0.15, 0.2) is 12.3 Å². The van der Waals surface area contributed by atoms with Crippen molar-refractivity contribution in [2.75, 3.05) is 20.2 Å². The Kier molecular flexibility index (Phi) is 4.11. The molecule has 1 atom stereocenters. The Morgan fingerprint density at radius 2 is 2.32 bits per heavy atom. The molecule has 0 amide bonds. The van der Waals surface area contributed by atoms with Crippen LogP contribution >= 0.6 is 0 Å². The van der Waals surface area contributed by atoms with Gasteiger partial charge in [-0.1, -0.05) is 6.92 Å². The van der Waals surface area contributed by atoms with E-state index in [1.165, 1.54) is 20.0 Å². The zero-order valence-corrected chi connectivity index (χ0v) is 13.4. The third-order valence-electron chi connectivity index (χ3n) is 4.32. The molecule has 6 nitrogen and oxygen atoms in total. The summed E-state index contributed by atoms with van der Waals surface area (Å²) in [7, 11) is 3.21. The average molecular weight is 302 g/mol. The third-order valence-corrected chi connectivity index (χ3v) is 4.32. The SMILES string of the molecule is COC(=O)c1cc(CN2CCC[C@H](C)C2)c2cnn(C)c2n1. The van der Waals surface area contributed by atoms with Gasteiger partial charge in [0.25, 0.3) is 0 Å². The maximum absolute atomic E-state index is 11.9. The number of ether oxygens (including phenoxy) is 1. The van der Waals surface area contributed by atoms with Crippen molar-refractivity contribution in [3.63, 3.8) is 0 Å². The molecule has 1 saturated heterocycles. The van der Waals surface area contributed by atoms with Gasteiger partial charge in [0, 0.05) is 25.5 Å². The van der Waals surface area contributed by atoms with E-state index in [4.69, 9.17) is 4.74 Å². The first-order valence-corrected chi connectivity index (χ1v) is 7.70. The molecule has 2 aromatic heterocycles. The molecule has 0 N–H and O–H groups in total. The van der Waals surface area contributed by atoms with Gasteiger partial charge >= 0.3 is 5.97 Å². The van der Waals surface area contributed by atoms with Crippen LogP contribution in [0.25, 0.3) is 11.0 Å². The Morgan fingerprint density at radius 1 is 1.50 bits per heavy atom. The minimum absolute atomic E-state index is 0.346. The van der Waals surface area contributed by atoms with E-state index in [-0.39, 0.29) is 0 Å². The topological polar surface area (TPSA) is 60.2 Å². The number of fused-ring (bicyclic) bond motifs is 1. The molecule has 1 fully saturated rings. The molecule has 2 aromatic rings. The summed E-state index contributed by atoms with van der Waals surface area (Å²) in [5, 5.41) is 5.28. The fourth-order valence-electron chi connectivity index (χ4n) is 3.19. The Morgan fingerprint density at radius 3 is 3.05 bits per heavy atom. The van der Waals surface area contributed by atoms with Crippen LogP contribution in [-0.4, -0.2) is 45.8 Å². The Labute approximate surface area is 130 Å². The van der Waals surface area contributed by atoms with Crippen LogP contribution in [0.2, 0.25) is 0 Å². The van der Waals surface area contributed by atoms with Gasteiger partial charge in [-0.25, -0.2) is 9.78 Å². The van der Waals surface area contributed by atoms with E-state index in [1.807, 2.05) is 19.3 Å². The van der Waals surface area contributed by atoms with Gasteiger partial charge < -0.3 is 4.74 Å². The summed E-state index contributed by atoms with van der Waals surface area (Å²) in [6.07, 6.45) is 4.35. The second kappa shape index (κ2) is 6.04. The highest BCUT2D eigenvalue weighted by Crippen LogP contribution is 2.23. The largest absolute Gasteiger partial charge is 0.464 e. The summed E-state index contributed by atoms with van der Waals surface area (Å²) >= 11 is 0. The van der Waals surface area contributed by atoms with Crippen molar-refractivity contribution in [1.82, 2.24) is 19.7 Å². The number of esters is 1. The summed E-state index contributed by atoms with van der Waals surface area (Å²) in [5.74, 6) is 0.316. The predicted octanol–water partition coefficient (Wildman–Crippen LogP) is 1.99. The van der Waals surface area contributed by atoms with Crippen LogP contribution in [0.3, 0.4) is 0 Å². The first kappa shape index (κ1) is 15.0. The highest BCUT2D eigenvalue weighted by atomic mass is 16.5. The lowest BCUT2D eigenvalue weighted by atomic mass is 9.99. The molecule has 3 rings (SSSR count). The highest BCUT2D eigenvalue weighted by Gasteiger charge is 2.20. The zero-order valence-electron chi connectivity index (χ0n) is 13.4. The van der Waals surface area contributed by atoms with Crippen LogP contribution in [0.4, 0.5) is 0 Å². The number of carbonyl (C=O) groups is 1. The summed E-state index contributed by atoms with van der Waals surface area (Å²) in [6.45, 7) is 5.30. The summed E-state index contributed by atoms with van der Waals surface area (Å²) < 4.78 is 6.52. The molecular weight excluding hydrogens is 280 g/mol. The van der Waals surface area contributed by atoms with Crippen LogP contribution < -0.4 is 0 Å². The molecular formula is C16H22N4O2. The van der Waals surface area contributed by atoms with Crippen molar-refractivity contribution in [3.05, 3.63) is 23.5 Å². The smallest absolute Gasteiger partial charge is 0.356 e. The molecule has 0 saturated carbocycles. The predicted molar refractivity (Wildman–Crippen MR) is 83.5 cm³/mol. The molecule has 22 heavy (non-hydrogen) atoms. The van der Waals surface area contributed by atoms with Gasteiger partial charge in [0.05, 0.1) is 13.3 Å². The molecule has 3 heterocycles. The number of aryl methyl sites for hydroxylation is 1. The van der Waals surface area contributed by atoms with E-state index in [1.54, 1.807) is 4.68 Å². The van der Waals surface area contributed by atoms with E-state index in [0.717, 1.165) is 42.1 Å². The van der Waals surface area contributed by atoms with Crippen molar-refractivity contribution in [2.45, 2.75) is 26.3 Å². The maximum Gasteiger partial charge on any atom is 0.356 e. The molecule has 0 spiro atoms. The van der Waals surface area contributed by atoms with Gasteiger partial charge in [-0.15, -0.1) is 0 Å². The first-order valence-electron chi connectivity index (χ1n) is 7.70. The van der Waals surface area contributed by atoms with Crippen LogP contribution in [0, 0.1) is 5.92 Å². The normalized spacial score (nSPS) is 19.5. The van der Waals surface area contributed by atoms with Gasteiger partial charge in [0.2, 0.25) is 0 Å². The molecule has 1 aliphatic rings. The summed E-state index contributed by atoms with van der Waals surface area (Å²) in [4.78, 5) is 18.7. The number of pyridine rings is 1. The first-order chi connectivity index (χ1) is 10.6. The third kappa shape index (κ3) is 2.83. The van der Waals surface area contributed by atoms with Crippen LogP contribution in [-0.2, 0) is 18.3 Å². The van der Waals surface area contributed by atoms with Crippen LogP contribution in [0.5, 0.6) is 0 Å². The molecule has 0 aliphatic carbocycles. The van der Waals surface area contributed by atoms with Crippen molar-refractivity contribution in [2.24, 2.45) is 13.0 Å². The van der Waals surface area contributed by atoms with Gasteiger partial charge in [-0.05, 0) is 36.9 Å². The van der Waals surface area contributed by atoms with Gasteiger partial charge in [-0.3, -0.25) is 9.58 Å². The summed E-state index contributed by atoms with van der Waals surface area (Å²) in [6, 6.07) is 1.84. The Hall–Kier alpha value is -1.95. The molecule has 0 radical (unpaired) electrons. The maximum atomic E-state index is 11.9.